The summed E-state index contributed by atoms with van der Waals surface area (Å²) in [7, 11) is 0. The Labute approximate surface area is 103 Å². The first-order valence-corrected chi connectivity index (χ1v) is 5.30. The molecular formula is C11H11ClN4O. The number of nitrogens with two attached hydrogens (primary N) is 2. The van der Waals surface area contributed by atoms with E-state index in [1.165, 1.54) is 0 Å². The lowest BCUT2D eigenvalue weighted by molar-refractivity contribution is 0.100. The van der Waals surface area contributed by atoms with Gasteiger partial charge in [0.25, 0.3) is 0 Å². The third-order valence-corrected chi connectivity index (χ3v) is 2.56. The Balaban J connectivity index is 2.25. The molecule has 2 rings (SSSR count). The summed E-state index contributed by atoms with van der Waals surface area (Å²) < 4.78 is 1.66. The van der Waals surface area contributed by atoms with Crippen molar-refractivity contribution in [2.24, 2.45) is 5.73 Å². The Hall–Kier alpha value is -2.01. The van der Waals surface area contributed by atoms with Crippen molar-refractivity contribution < 1.29 is 4.79 Å². The van der Waals surface area contributed by atoms with E-state index in [0.717, 1.165) is 5.56 Å². The number of hydrogen-bond acceptors (Lipinski definition) is 3. The van der Waals surface area contributed by atoms with Gasteiger partial charge in [-0.25, -0.2) is 0 Å². The fourth-order valence-electron chi connectivity index (χ4n) is 1.49. The van der Waals surface area contributed by atoms with Crippen molar-refractivity contribution in [1.29, 1.82) is 0 Å². The van der Waals surface area contributed by atoms with E-state index in [1.54, 1.807) is 35.3 Å². The van der Waals surface area contributed by atoms with Gasteiger partial charge in [-0.3, -0.25) is 9.48 Å². The minimum absolute atomic E-state index is 0.393. The van der Waals surface area contributed by atoms with Gasteiger partial charge in [-0.05, 0) is 17.7 Å². The van der Waals surface area contributed by atoms with E-state index in [1.807, 2.05) is 0 Å². The quantitative estimate of drug-likeness (QED) is 0.804. The van der Waals surface area contributed by atoms with Crippen LogP contribution < -0.4 is 11.5 Å². The van der Waals surface area contributed by atoms with Crippen LogP contribution in [0.15, 0.2) is 30.6 Å². The normalized spacial score (nSPS) is 10.4. The Morgan fingerprint density at radius 3 is 2.76 bits per heavy atom. The van der Waals surface area contributed by atoms with Crippen LogP contribution in [0.3, 0.4) is 0 Å². The van der Waals surface area contributed by atoms with Crippen molar-refractivity contribution >= 4 is 23.2 Å². The fraction of sp³-hybridized carbons (Fsp3) is 0.0909. The van der Waals surface area contributed by atoms with E-state index in [4.69, 9.17) is 23.1 Å². The lowest BCUT2D eigenvalue weighted by atomic mass is 10.1. The maximum absolute atomic E-state index is 11.0. The predicted octanol–water partition coefficient (Wildman–Crippen LogP) is 1.27. The van der Waals surface area contributed by atoms with E-state index in [9.17, 15) is 4.79 Å². The van der Waals surface area contributed by atoms with Crippen molar-refractivity contribution in [2.45, 2.75) is 6.54 Å². The molecule has 0 aliphatic carbocycles. The summed E-state index contributed by atoms with van der Waals surface area (Å²) in [4.78, 5) is 11.0. The molecule has 0 unspecified atom stereocenters. The summed E-state index contributed by atoms with van der Waals surface area (Å²) in [5.41, 5.74) is 12.7. The zero-order chi connectivity index (χ0) is 12.4. The number of primary amides is 1. The number of rotatable bonds is 3. The average Bonchev–Trinajstić information content (AvgIpc) is 2.67. The zero-order valence-corrected chi connectivity index (χ0v) is 9.69. The zero-order valence-electron chi connectivity index (χ0n) is 8.93. The summed E-state index contributed by atoms with van der Waals surface area (Å²) in [5, 5.41) is 4.61. The van der Waals surface area contributed by atoms with Gasteiger partial charge in [0.05, 0.1) is 17.8 Å². The molecule has 0 bridgehead atoms. The van der Waals surface area contributed by atoms with Gasteiger partial charge in [-0.1, -0.05) is 17.7 Å². The molecule has 5 nitrogen and oxygen atoms in total. The highest BCUT2D eigenvalue weighted by atomic mass is 35.5. The molecule has 0 spiro atoms. The smallest absolute Gasteiger partial charge is 0.248 e. The Morgan fingerprint density at radius 2 is 2.24 bits per heavy atom. The first-order chi connectivity index (χ1) is 8.06. The van der Waals surface area contributed by atoms with Crippen molar-refractivity contribution in [2.75, 3.05) is 5.73 Å². The second-order valence-electron chi connectivity index (χ2n) is 3.63. The maximum atomic E-state index is 11.0. The number of benzene rings is 1. The average molecular weight is 251 g/mol. The number of amides is 1. The molecule has 1 aromatic carbocycles. The maximum Gasteiger partial charge on any atom is 0.248 e. The third-order valence-electron chi connectivity index (χ3n) is 2.36. The minimum atomic E-state index is -0.495. The van der Waals surface area contributed by atoms with Crippen LogP contribution in [-0.4, -0.2) is 15.7 Å². The van der Waals surface area contributed by atoms with Gasteiger partial charge in [-0.15, -0.1) is 0 Å². The van der Waals surface area contributed by atoms with Crippen LogP contribution in [0.5, 0.6) is 0 Å². The van der Waals surface area contributed by atoms with Crippen molar-refractivity contribution in [3.05, 3.63) is 46.7 Å². The van der Waals surface area contributed by atoms with Gasteiger partial charge in [0.15, 0.2) is 0 Å². The van der Waals surface area contributed by atoms with E-state index in [2.05, 4.69) is 5.10 Å². The highest BCUT2D eigenvalue weighted by Gasteiger charge is 2.06. The lowest BCUT2D eigenvalue weighted by Gasteiger charge is -2.07. The molecule has 1 aromatic heterocycles. The Morgan fingerprint density at radius 1 is 1.47 bits per heavy atom. The van der Waals surface area contributed by atoms with E-state index in [0.29, 0.717) is 22.8 Å². The lowest BCUT2D eigenvalue weighted by Crippen LogP contribution is -2.12. The summed E-state index contributed by atoms with van der Waals surface area (Å²) in [6.45, 7) is 0.498. The van der Waals surface area contributed by atoms with E-state index >= 15 is 0 Å². The molecule has 0 aliphatic rings. The first kappa shape index (κ1) is 11.5. The van der Waals surface area contributed by atoms with Gasteiger partial charge in [0.1, 0.15) is 0 Å². The minimum Gasteiger partial charge on any atom is -0.398 e. The van der Waals surface area contributed by atoms with Crippen LogP contribution in [0.2, 0.25) is 5.02 Å². The van der Waals surface area contributed by atoms with Crippen LogP contribution >= 0.6 is 11.6 Å². The molecule has 0 aliphatic heterocycles. The standard InChI is InChI=1S/C11H11ClN4O/c12-9-4-15-16(6-9)5-8-2-1-7(11(14)17)3-10(8)13/h1-4,6H,5,13H2,(H2,14,17). The highest BCUT2D eigenvalue weighted by Crippen LogP contribution is 2.16. The van der Waals surface area contributed by atoms with Gasteiger partial charge >= 0.3 is 0 Å². The fourth-order valence-corrected chi connectivity index (χ4v) is 1.65. The molecule has 0 fully saturated rings. The van der Waals surface area contributed by atoms with Gasteiger partial charge in [0, 0.05) is 17.4 Å². The number of nitrogen functional groups attached to an aromatic ring is 1. The number of nitrogens with zero attached hydrogens (tertiary/aromatic N) is 2. The van der Waals surface area contributed by atoms with Crippen LogP contribution in [0.25, 0.3) is 0 Å². The van der Waals surface area contributed by atoms with Crippen molar-refractivity contribution in [3.8, 4) is 0 Å². The van der Waals surface area contributed by atoms with E-state index < -0.39 is 5.91 Å². The van der Waals surface area contributed by atoms with Gasteiger partial charge in [0.2, 0.25) is 5.91 Å². The number of anilines is 1. The number of halogens is 1. The third kappa shape index (κ3) is 2.57. The Kier molecular flexibility index (Phi) is 3.01. The SMILES string of the molecule is NC(=O)c1ccc(Cn2cc(Cl)cn2)c(N)c1. The molecule has 0 saturated heterocycles. The molecule has 1 heterocycles. The van der Waals surface area contributed by atoms with E-state index in [-0.39, 0.29) is 0 Å². The van der Waals surface area contributed by atoms with Gasteiger partial charge in [-0.2, -0.15) is 5.10 Å². The van der Waals surface area contributed by atoms with Crippen LogP contribution in [0.1, 0.15) is 15.9 Å². The molecule has 2 aromatic rings. The molecule has 88 valence electrons. The molecule has 4 N–H and O–H groups in total. The number of hydrogen-bond donors (Lipinski definition) is 2. The topological polar surface area (TPSA) is 86.9 Å². The van der Waals surface area contributed by atoms with Crippen molar-refractivity contribution in [1.82, 2.24) is 9.78 Å². The number of carbonyl (C=O) groups is 1. The molecule has 0 atom stereocenters. The summed E-state index contributed by atoms with van der Waals surface area (Å²) in [5.74, 6) is -0.495. The van der Waals surface area contributed by atoms with Crippen LogP contribution in [0, 0.1) is 0 Å². The second kappa shape index (κ2) is 4.47. The molecular weight excluding hydrogens is 240 g/mol. The first-order valence-electron chi connectivity index (χ1n) is 4.92. The predicted molar refractivity (Wildman–Crippen MR) is 65.7 cm³/mol. The van der Waals surface area contributed by atoms with Crippen LogP contribution in [0.4, 0.5) is 5.69 Å². The number of carbonyl (C=O) groups excluding carboxylic acids is 1. The largest absolute Gasteiger partial charge is 0.398 e. The second-order valence-corrected chi connectivity index (χ2v) is 4.07. The van der Waals surface area contributed by atoms with Crippen molar-refractivity contribution in [3.63, 3.8) is 0 Å². The van der Waals surface area contributed by atoms with Crippen LogP contribution in [-0.2, 0) is 6.54 Å². The molecule has 1 amide bonds. The summed E-state index contributed by atoms with van der Waals surface area (Å²) >= 11 is 5.76. The Bertz CT molecular complexity index is 564. The molecule has 6 heteroatoms. The summed E-state index contributed by atoms with van der Waals surface area (Å²) in [6, 6.07) is 4.95. The number of aromatic nitrogens is 2. The molecule has 0 saturated carbocycles. The monoisotopic (exact) mass is 250 g/mol. The molecule has 17 heavy (non-hydrogen) atoms. The highest BCUT2D eigenvalue weighted by molar-refractivity contribution is 6.30. The summed E-state index contributed by atoms with van der Waals surface area (Å²) in [6.07, 6.45) is 3.25. The molecule has 0 radical (unpaired) electrons. The van der Waals surface area contributed by atoms with Gasteiger partial charge < -0.3 is 11.5 Å².